The SMILES string of the molecule is CC1CC(=O)N(c2cc(C(=O)O)cc(C(=O)O)c2)C1=O. The van der Waals surface area contributed by atoms with E-state index >= 15 is 0 Å². The summed E-state index contributed by atoms with van der Waals surface area (Å²) in [5.41, 5.74) is -0.609. The quantitative estimate of drug-likeness (QED) is 0.796. The largest absolute Gasteiger partial charge is 0.478 e. The van der Waals surface area contributed by atoms with Crippen molar-refractivity contribution in [1.82, 2.24) is 0 Å². The molecule has 1 aliphatic heterocycles. The number of anilines is 1. The Balaban J connectivity index is 2.56. The average molecular weight is 277 g/mol. The van der Waals surface area contributed by atoms with Crippen LogP contribution < -0.4 is 4.90 Å². The number of hydrogen-bond donors (Lipinski definition) is 2. The summed E-state index contributed by atoms with van der Waals surface area (Å²) < 4.78 is 0. The van der Waals surface area contributed by atoms with E-state index in [2.05, 4.69) is 0 Å². The van der Waals surface area contributed by atoms with Crippen molar-refractivity contribution >= 4 is 29.4 Å². The number of carbonyl (C=O) groups excluding carboxylic acids is 2. The highest BCUT2D eigenvalue weighted by molar-refractivity contribution is 6.21. The molecule has 1 aliphatic rings. The molecule has 2 amide bonds. The van der Waals surface area contributed by atoms with Gasteiger partial charge in [0.15, 0.2) is 0 Å². The molecule has 1 aromatic carbocycles. The summed E-state index contributed by atoms with van der Waals surface area (Å²) in [7, 11) is 0. The second kappa shape index (κ2) is 4.76. The van der Waals surface area contributed by atoms with Crippen LogP contribution in [-0.2, 0) is 9.59 Å². The highest BCUT2D eigenvalue weighted by Gasteiger charge is 2.37. The zero-order valence-electron chi connectivity index (χ0n) is 10.5. The fourth-order valence-corrected chi connectivity index (χ4v) is 2.04. The second-order valence-corrected chi connectivity index (χ2v) is 4.55. The lowest BCUT2D eigenvalue weighted by Gasteiger charge is -2.15. The summed E-state index contributed by atoms with van der Waals surface area (Å²) in [5, 5.41) is 17.9. The van der Waals surface area contributed by atoms with Gasteiger partial charge in [-0.2, -0.15) is 0 Å². The number of amides is 2. The van der Waals surface area contributed by atoms with Gasteiger partial charge >= 0.3 is 11.9 Å². The normalized spacial score (nSPS) is 18.4. The highest BCUT2D eigenvalue weighted by atomic mass is 16.4. The van der Waals surface area contributed by atoms with Crippen molar-refractivity contribution in [1.29, 1.82) is 0 Å². The first kappa shape index (κ1) is 13.7. The van der Waals surface area contributed by atoms with Crippen LogP contribution in [0.4, 0.5) is 5.69 Å². The highest BCUT2D eigenvalue weighted by Crippen LogP contribution is 2.28. The molecule has 1 saturated heterocycles. The van der Waals surface area contributed by atoms with Crippen molar-refractivity contribution in [2.75, 3.05) is 4.90 Å². The molecule has 1 heterocycles. The summed E-state index contributed by atoms with van der Waals surface area (Å²) in [4.78, 5) is 46.5. The van der Waals surface area contributed by atoms with Gasteiger partial charge in [0.2, 0.25) is 11.8 Å². The van der Waals surface area contributed by atoms with Crippen LogP contribution >= 0.6 is 0 Å². The van der Waals surface area contributed by atoms with E-state index in [1.807, 2.05) is 0 Å². The van der Waals surface area contributed by atoms with E-state index < -0.39 is 29.7 Å². The molecule has 1 unspecified atom stereocenters. The molecule has 1 aromatic rings. The second-order valence-electron chi connectivity index (χ2n) is 4.55. The van der Waals surface area contributed by atoms with Gasteiger partial charge in [-0.05, 0) is 18.2 Å². The molecular weight excluding hydrogens is 266 g/mol. The third-order valence-corrected chi connectivity index (χ3v) is 3.04. The van der Waals surface area contributed by atoms with Crippen LogP contribution in [0.5, 0.6) is 0 Å². The van der Waals surface area contributed by atoms with Gasteiger partial charge in [-0.15, -0.1) is 0 Å². The molecule has 0 saturated carbocycles. The molecule has 20 heavy (non-hydrogen) atoms. The fourth-order valence-electron chi connectivity index (χ4n) is 2.04. The number of imide groups is 1. The van der Waals surface area contributed by atoms with E-state index in [-0.39, 0.29) is 23.2 Å². The first-order valence-electron chi connectivity index (χ1n) is 5.79. The Morgan fingerprint density at radius 3 is 1.95 bits per heavy atom. The molecule has 7 heteroatoms. The van der Waals surface area contributed by atoms with E-state index in [1.54, 1.807) is 6.92 Å². The number of carbonyl (C=O) groups is 4. The fraction of sp³-hybridized carbons (Fsp3) is 0.231. The predicted molar refractivity (Wildman–Crippen MR) is 66.6 cm³/mol. The van der Waals surface area contributed by atoms with Gasteiger partial charge in [0.05, 0.1) is 16.8 Å². The number of carboxylic acid groups (broad SMARTS) is 2. The van der Waals surface area contributed by atoms with E-state index in [0.717, 1.165) is 23.1 Å². The molecule has 0 aromatic heterocycles. The summed E-state index contributed by atoms with van der Waals surface area (Å²) >= 11 is 0. The van der Waals surface area contributed by atoms with Gasteiger partial charge in [-0.3, -0.25) is 14.5 Å². The molecule has 2 N–H and O–H groups in total. The standard InChI is InChI=1S/C13H11NO6/c1-6-2-10(15)14(11(6)16)9-4-7(12(17)18)3-8(5-9)13(19)20/h3-6H,2H2,1H3,(H,17,18)(H,19,20). The number of benzene rings is 1. The third-order valence-electron chi connectivity index (χ3n) is 3.04. The van der Waals surface area contributed by atoms with Gasteiger partial charge in [-0.1, -0.05) is 6.92 Å². The molecule has 0 aliphatic carbocycles. The molecule has 0 spiro atoms. The maximum absolute atomic E-state index is 11.9. The topological polar surface area (TPSA) is 112 Å². The maximum Gasteiger partial charge on any atom is 0.335 e. The maximum atomic E-state index is 11.9. The van der Waals surface area contributed by atoms with Crippen molar-refractivity contribution in [3.8, 4) is 0 Å². The summed E-state index contributed by atoms with van der Waals surface area (Å²) in [6, 6.07) is 3.20. The van der Waals surface area contributed by atoms with Crippen molar-refractivity contribution in [3.63, 3.8) is 0 Å². The first-order valence-corrected chi connectivity index (χ1v) is 5.79. The number of hydrogen-bond acceptors (Lipinski definition) is 4. The van der Waals surface area contributed by atoms with E-state index in [1.165, 1.54) is 0 Å². The van der Waals surface area contributed by atoms with Gasteiger partial charge < -0.3 is 10.2 Å². The van der Waals surface area contributed by atoms with Crippen molar-refractivity contribution < 1.29 is 29.4 Å². The Hall–Kier alpha value is -2.70. The van der Waals surface area contributed by atoms with Gasteiger partial charge in [-0.25, -0.2) is 9.59 Å². The van der Waals surface area contributed by atoms with Crippen molar-refractivity contribution in [2.24, 2.45) is 5.92 Å². The lowest BCUT2D eigenvalue weighted by molar-refractivity contribution is -0.122. The lowest BCUT2D eigenvalue weighted by atomic mass is 10.1. The zero-order valence-corrected chi connectivity index (χ0v) is 10.5. The first-order chi connectivity index (χ1) is 9.31. The molecule has 2 rings (SSSR count). The van der Waals surface area contributed by atoms with Crippen LogP contribution in [0.3, 0.4) is 0 Å². The van der Waals surface area contributed by atoms with Gasteiger partial charge in [0.1, 0.15) is 0 Å². The zero-order chi connectivity index (χ0) is 15.0. The van der Waals surface area contributed by atoms with Crippen LogP contribution in [0, 0.1) is 5.92 Å². The average Bonchev–Trinajstić information content (AvgIpc) is 2.62. The molecule has 7 nitrogen and oxygen atoms in total. The lowest BCUT2D eigenvalue weighted by Crippen LogP contribution is -2.30. The van der Waals surface area contributed by atoms with E-state index in [0.29, 0.717) is 0 Å². The van der Waals surface area contributed by atoms with Crippen molar-refractivity contribution in [2.45, 2.75) is 13.3 Å². The minimum Gasteiger partial charge on any atom is -0.478 e. The third kappa shape index (κ3) is 2.25. The Bertz CT molecular complexity index is 603. The van der Waals surface area contributed by atoms with Gasteiger partial charge in [0.25, 0.3) is 0 Å². The number of aromatic carboxylic acids is 2. The Morgan fingerprint density at radius 2 is 1.60 bits per heavy atom. The van der Waals surface area contributed by atoms with Crippen LogP contribution in [0.2, 0.25) is 0 Å². The van der Waals surface area contributed by atoms with Crippen LogP contribution in [-0.4, -0.2) is 34.0 Å². The van der Waals surface area contributed by atoms with E-state index in [4.69, 9.17) is 10.2 Å². The molecule has 1 fully saturated rings. The van der Waals surface area contributed by atoms with E-state index in [9.17, 15) is 19.2 Å². The van der Waals surface area contributed by atoms with Crippen LogP contribution in [0.15, 0.2) is 18.2 Å². The number of carboxylic acids is 2. The van der Waals surface area contributed by atoms with Crippen LogP contribution in [0.25, 0.3) is 0 Å². The Kier molecular flexibility index (Phi) is 3.27. The minimum atomic E-state index is -1.33. The number of nitrogens with zero attached hydrogens (tertiary/aromatic N) is 1. The summed E-state index contributed by atoms with van der Waals surface area (Å²) in [6.45, 7) is 1.58. The van der Waals surface area contributed by atoms with Crippen LogP contribution in [0.1, 0.15) is 34.1 Å². The molecular formula is C13H11NO6. The Morgan fingerprint density at radius 1 is 1.10 bits per heavy atom. The molecule has 104 valence electrons. The molecule has 1 atom stereocenters. The van der Waals surface area contributed by atoms with Gasteiger partial charge in [0, 0.05) is 12.3 Å². The summed E-state index contributed by atoms with van der Waals surface area (Å²) in [6.07, 6.45) is 0.0263. The predicted octanol–water partition coefficient (Wildman–Crippen LogP) is 0.982. The smallest absolute Gasteiger partial charge is 0.335 e. The molecule has 0 bridgehead atoms. The summed E-state index contributed by atoms with van der Waals surface area (Å²) in [5.74, 6) is -4.09. The molecule has 0 radical (unpaired) electrons. The number of rotatable bonds is 3. The minimum absolute atomic E-state index is 0.0262. The monoisotopic (exact) mass is 277 g/mol. The Labute approximate surface area is 113 Å². The van der Waals surface area contributed by atoms with Crippen molar-refractivity contribution in [3.05, 3.63) is 29.3 Å².